The van der Waals surface area contributed by atoms with Gasteiger partial charge in [0.05, 0.1) is 32.7 Å². The maximum absolute atomic E-state index is 12.5. The largest absolute Gasteiger partial charge is 0.347 e. The number of hydrogen-bond donors (Lipinski definition) is 3. The van der Waals surface area contributed by atoms with Crippen molar-refractivity contribution in [3.05, 3.63) is 73.8 Å². The van der Waals surface area contributed by atoms with E-state index in [9.17, 15) is 29.8 Å². The van der Waals surface area contributed by atoms with Gasteiger partial charge in [0.1, 0.15) is 0 Å². The fourth-order valence-electron chi connectivity index (χ4n) is 2.46. The van der Waals surface area contributed by atoms with E-state index >= 15 is 0 Å². The van der Waals surface area contributed by atoms with Crippen molar-refractivity contribution in [3.63, 3.8) is 0 Å². The molecular formula is C19H19N5O6S. The van der Waals surface area contributed by atoms with Gasteiger partial charge in [0.2, 0.25) is 0 Å². The maximum atomic E-state index is 12.5. The molecule has 0 bridgehead atoms. The summed E-state index contributed by atoms with van der Waals surface area (Å²) in [4.78, 5) is 45.2. The van der Waals surface area contributed by atoms with Gasteiger partial charge in [-0.3, -0.25) is 35.1 Å². The number of thiocarbonyl (C=S) groups is 1. The number of carbonyl (C=O) groups excluding carboxylic acids is 2. The van der Waals surface area contributed by atoms with Gasteiger partial charge >= 0.3 is 0 Å². The van der Waals surface area contributed by atoms with Crippen LogP contribution < -0.4 is 16.0 Å². The van der Waals surface area contributed by atoms with Gasteiger partial charge in [-0.15, -0.1) is 0 Å². The number of hydrogen-bond acceptors (Lipinski definition) is 7. The number of non-ortho nitro benzene ring substituents is 2. The molecule has 0 aliphatic rings. The SMILES string of the molecule is CC(C)(C)NC(=O)c1ccccc1NC(=S)NC(=O)c1cc([N+](=O)[O-])cc([N+](=O)[O-])c1. The molecule has 2 rings (SSSR count). The molecule has 3 N–H and O–H groups in total. The van der Waals surface area contributed by atoms with Crippen molar-refractivity contribution >= 4 is 46.2 Å². The second-order valence-electron chi connectivity index (χ2n) is 7.41. The number of nitro groups is 2. The lowest BCUT2D eigenvalue weighted by atomic mass is 10.1. The predicted molar refractivity (Wildman–Crippen MR) is 117 cm³/mol. The van der Waals surface area contributed by atoms with Gasteiger partial charge < -0.3 is 10.6 Å². The zero-order valence-corrected chi connectivity index (χ0v) is 17.6. The fourth-order valence-corrected chi connectivity index (χ4v) is 2.67. The molecule has 2 aromatic rings. The molecule has 31 heavy (non-hydrogen) atoms. The molecule has 0 radical (unpaired) electrons. The summed E-state index contributed by atoms with van der Waals surface area (Å²) in [5, 5.41) is 29.6. The minimum Gasteiger partial charge on any atom is -0.347 e. The van der Waals surface area contributed by atoms with Crippen molar-refractivity contribution in [2.45, 2.75) is 26.3 Å². The van der Waals surface area contributed by atoms with Crippen LogP contribution in [-0.4, -0.2) is 32.3 Å². The van der Waals surface area contributed by atoms with E-state index < -0.39 is 32.7 Å². The minimum absolute atomic E-state index is 0.199. The lowest BCUT2D eigenvalue weighted by Gasteiger charge is -2.21. The number of carbonyl (C=O) groups is 2. The summed E-state index contributed by atoms with van der Waals surface area (Å²) in [5.74, 6) is -1.25. The van der Waals surface area contributed by atoms with Crippen molar-refractivity contribution in [2.24, 2.45) is 0 Å². The summed E-state index contributed by atoms with van der Waals surface area (Å²) in [6.45, 7) is 5.47. The average Bonchev–Trinajstić information content (AvgIpc) is 2.66. The molecule has 0 heterocycles. The molecule has 0 unspecified atom stereocenters. The summed E-state index contributed by atoms with van der Waals surface area (Å²) in [6, 6.07) is 9.01. The van der Waals surface area contributed by atoms with Crippen LogP contribution in [-0.2, 0) is 0 Å². The second-order valence-corrected chi connectivity index (χ2v) is 7.82. The van der Waals surface area contributed by atoms with Crippen molar-refractivity contribution in [1.29, 1.82) is 0 Å². The maximum Gasteiger partial charge on any atom is 0.277 e. The number of benzene rings is 2. The van der Waals surface area contributed by atoms with Crippen LogP contribution in [0.5, 0.6) is 0 Å². The van der Waals surface area contributed by atoms with Crippen LogP contribution in [0, 0.1) is 20.2 Å². The van der Waals surface area contributed by atoms with E-state index in [-0.39, 0.29) is 22.1 Å². The minimum atomic E-state index is -0.888. The van der Waals surface area contributed by atoms with Crippen molar-refractivity contribution < 1.29 is 19.4 Å². The highest BCUT2D eigenvalue weighted by Crippen LogP contribution is 2.23. The van der Waals surface area contributed by atoms with Gasteiger partial charge in [-0.25, -0.2) is 0 Å². The third-order valence-electron chi connectivity index (χ3n) is 3.72. The number of anilines is 1. The smallest absolute Gasteiger partial charge is 0.277 e. The Labute approximate surface area is 182 Å². The van der Waals surface area contributed by atoms with E-state index in [1.807, 2.05) is 20.8 Å². The third-order valence-corrected chi connectivity index (χ3v) is 3.93. The lowest BCUT2D eigenvalue weighted by Crippen LogP contribution is -2.41. The Kier molecular flexibility index (Phi) is 6.97. The first-order chi connectivity index (χ1) is 14.4. The summed E-state index contributed by atoms with van der Waals surface area (Å²) in [5.41, 5.74) is -1.41. The average molecular weight is 445 g/mol. The topological polar surface area (TPSA) is 157 Å². The highest BCUT2D eigenvalue weighted by Gasteiger charge is 2.21. The van der Waals surface area contributed by atoms with Gasteiger partial charge in [0, 0.05) is 17.7 Å². The molecule has 0 saturated carbocycles. The normalized spacial score (nSPS) is 10.7. The Bertz CT molecular complexity index is 1050. The standard InChI is InChI=1S/C19H19N5O6S/c1-19(2,3)22-17(26)14-6-4-5-7-15(14)20-18(31)21-16(25)11-8-12(23(27)28)10-13(9-11)24(29)30/h4-10H,1-3H3,(H,22,26)(H2,20,21,25,31). The van der Waals surface area contributed by atoms with E-state index in [1.54, 1.807) is 24.3 Å². The fraction of sp³-hybridized carbons (Fsp3) is 0.211. The Morgan fingerprint density at radius 3 is 2.00 bits per heavy atom. The molecule has 12 heteroatoms. The zero-order chi connectivity index (χ0) is 23.3. The van der Waals surface area contributed by atoms with Gasteiger partial charge in [-0.1, -0.05) is 12.1 Å². The van der Waals surface area contributed by atoms with Crippen LogP contribution >= 0.6 is 12.2 Å². The Hall–Kier alpha value is -3.93. The third kappa shape index (κ3) is 6.54. The first-order valence-corrected chi connectivity index (χ1v) is 9.26. The first-order valence-electron chi connectivity index (χ1n) is 8.85. The van der Waals surface area contributed by atoms with Gasteiger partial charge in [-0.2, -0.15) is 0 Å². The van der Waals surface area contributed by atoms with Gasteiger partial charge in [0.25, 0.3) is 23.2 Å². The Morgan fingerprint density at radius 1 is 0.935 bits per heavy atom. The van der Waals surface area contributed by atoms with Crippen LogP contribution in [0.1, 0.15) is 41.5 Å². The lowest BCUT2D eigenvalue weighted by molar-refractivity contribution is -0.394. The monoisotopic (exact) mass is 445 g/mol. The molecule has 162 valence electrons. The van der Waals surface area contributed by atoms with E-state index in [4.69, 9.17) is 12.2 Å². The molecule has 0 saturated heterocycles. The van der Waals surface area contributed by atoms with Crippen molar-refractivity contribution in [3.8, 4) is 0 Å². The quantitative estimate of drug-likeness (QED) is 0.360. The van der Waals surface area contributed by atoms with Crippen LogP contribution in [0.25, 0.3) is 0 Å². The number of amides is 2. The predicted octanol–water partition coefficient (Wildman–Crippen LogP) is 3.16. The first kappa shape index (κ1) is 23.3. The zero-order valence-electron chi connectivity index (χ0n) is 16.8. The molecule has 0 aliphatic heterocycles. The molecule has 11 nitrogen and oxygen atoms in total. The molecule has 0 spiro atoms. The van der Waals surface area contributed by atoms with E-state index in [0.717, 1.165) is 18.2 Å². The van der Waals surface area contributed by atoms with Gasteiger partial charge in [0.15, 0.2) is 5.11 Å². The molecule has 0 aliphatic carbocycles. The van der Waals surface area contributed by atoms with Crippen molar-refractivity contribution in [1.82, 2.24) is 10.6 Å². The highest BCUT2D eigenvalue weighted by atomic mass is 32.1. The Morgan fingerprint density at radius 2 is 1.48 bits per heavy atom. The highest BCUT2D eigenvalue weighted by molar-refractivity contribution is 7.80. The molecule has 0 aromatic heterocycles. The summed E-state index contributed by atoms with van der Waals surface area (Å²) >= 11 is 5.09. The number of rotatable bonds is 5. The second kappa shape index (κ2) is 9.26. The van der Waals surface area contributed by atoms with E-state index in [2.05, 4.69) is 16.0 Å². The molecule has 2 aromatic carbocycles. The van der Waals surface area contributed by atoms with E-state index in [1.165, 1.54) is 0 Å². The van der Waals surface area contributed by atoms with Crippen LogP contribution in [0.4, 0.5) is 17.1 Å². The van der Waals surface area contributed by atoms with Crippen LogP contribution in [0.2, 0.25) is 0 Å². The summed E-state index contributed by atoms with van der Waals surface area (Å²) < 4.78 is 0. The number of nitrogens with zero attached hydrogens (tertiary/aromatic N) is 2. The molecule has 2 amide bonds. The molecule has 0 fully saturated rings. The number of nitro benzene ring substituents is 2. The molecular weight excluding hydrogens is 426 g/mol. The Balaban J connectivity index is 2.21. The van der Waals surface area contributed by atoms with Crippen molar-refractivity contribution in [2.75, 3.05) is 5.32 Å². The van der Waals surface area contributed by atoms with E-state index in [0.29, 0.717) is 5.69 Å². The number of para-hydroxylation sites is 1. The summed E-state index contributed by atoms with van der Waals surface area (Å²) in [6.07, 6.45) is 0. The molecule has 0 atom stereocenters. The number of nitrogens with one attached hydrogen (secondary N) is 3. The van der Waals surface area contributed by atoms with Crippen LogP contribution in [0.15, 0.2) is 42.5 Å². The van der Waals surface area contributed by atoms with Crippen LogP contribution in [0.3, 0.4) is 0 Å². The summed E-state index contributed by atoms with van der Waals surface area (Å²) in [7, 11) is 0. The van der Waals surface area contributed by atoms with Gasteiger partial charge in [-0.05, 0) is 45.1 Å².